The van der Waals surface area contributed by atoms with E-state index in [0.717, 1.165) is 18.4 Å². The summed E-state index contributed by atoms with van der Waals surface area (Å²) in [6.45, 7) is 8.06. The third kappa shape index (κ3) is 4.81. The fourth-order valence-electron chi connectivity index (χ4n) is 2.08. The van der Waals surface area contributed by atoms with E-state index in [2.05, 4.69) is 11.6 Å². The third-order valence-electron chi connectivity index (χ3n) is 3.33. The van der Waals surface area contributed by atoms with Crippen LogP contribution in [0.15, 0.2) is 23.1 Å². The summed E-state index contributed by atoms with van der Waals surface area (Å²) >= 11 is 0. The van der Waals surface area contributed by atoms with Crippen molar-refractivity contribution >= 4 is 15.9 Å². The Morgan fingerprint density at radius 2 is 1.95 bits per heavy atom. The van der Waals surface area contributed by atoms with Crippen LogP contribution in [-0.2, 0) is 10.0 Å². The molecule has 0 atom stereocenters. The van der Waals surface area contributed by atoms with E-state index in [0.29, 0.717) is 12.1 Å². The fraction of sp³-hybridized carbons (Fsp3) is 0.562. The van der Waals surface area contributed by atoms with Gasteiger partial charge in [0.2, 0.25) is 10.0 Å². The van der Waals surface area contributed by atoms with E-state index in [4.69, 9.17) is 0 Å². The van der Waals surface area contributed by atoms with E-state index in [1.165, 1.54) is 12.1 Å². The molecule has 0 radical (unpaired) electrons. The number of hydrogen-bond acceptors (Lipinski definition) is 3. The molecule has 124 valence electrons. The zero-order valence-corrected chi connectivity index (χ0v) is 14.8. The van der Waals surface area contributed by atoms with Crippen molar-refractivity contribution in [3.05, 3.63) is 29.3 Å². The lowest BCUT2D eigenvalue weighted by atomic mass is 10.1. The van der Waals surface area contributed by atoms with Crippen LogP contribution in [0.2, 0.25) is 0 Å². The summed E-state index contributed by atoms with van der Waals surface area (Å²) in [5.74, 6) is -0.146. The summed E-state index contributed by atoms with van der Waals surface area (Å²) in [6, 6.07) is 4.47. The summed E-state index contributed by atoms with van der Waals surface area (Å²) in [5.41, 5.74) is 1.21. The summed E-state index contributed by atoms with van der Waals surface area (Å²) < 4.78 is 27.0. The van der Waals surface area contributed by atoms with E-state index in [-0.39, 0.29) is 16.8 Å². The molecule has 0 unspecified atom stereocenters. The molecule has 5 nitrogen and oxygen atoms in total. The second-order valence-corrected chi connectivity index (χ2v) is 7.55. The van der Waals surface area contributed by atoms with Gasteiger partial charge in [0.25, 0.3) is 5.91 Å². The van der Waals surface area contributed by atoms with Crippen LogP contribution in [0, 0.1) is 6.92 Å². The second kappa shape index (κ2) is 7.74. The molecule has 0 aliphatic rings. The smallest absolute Gasteiger partial charge is 0.253 e. The number of benzene rings is 1. The van der Waals surface area contributed by atoms with Gasteiger partial charge in [-0.15, -0.1) is 0 Å². The van der Waals surface area contributed by atoms with E-state index in [9.17, 15) is 13.2 Å². The molecule has 1 aromatic carbocycles. The maximum Gasteiger partial charge on any atom is 0.253 e. The molecular weight excluding hydrogens is 300 g/mol. The monoisotopic (exact) mass is 326 g/mol. The van der Waals surface area contributed by atoms with Gasteiger partial charge in [-0.05, 0) is 44.9 Å². The highest BCUT2D eigenvalue weighted by atomic mass is 32.2. The minimum absolute atomic E-state index is 0.124. The molecule has 0 heterocycles. The SMILES string of the molecule is CCCCN(C)C(=O)c1cc(S(=O)(=O)NC(C)C)ccc1C. The Labute approximate surface area is 133 Å². The highest BCUT2D eigenvalue weighted by Crippen LogP contribution is 2.17. The van der Waals surface area contributed by atoms with E-state index < -0.39 is 10.0 Å². The number of sulfonamides is 1. The molecule has 1 aromatic rings. The zero-order valence-electron chi connectivity index (χ0n) is 14.0. The molecule has 0 aliphatic carbocycles. The number of nitrogens with zero attached hydrogens (tertiary/aromatic N) is 1. The van der Waals surface area contributed by atoms with Gasteiger partial charge >= 0.3 is 0 Å². The van der Waals surface area contributed by atoms with Gasteiger partial charge in [0, 0.05) is 25.2 Å². The minimum Gasteiger partial charge on any atom is -0.342 e. The van der Waals surface area contributed by atoms with Crippen LogP contribution in [0.4, 0.5) is 0 Å². The number of carbonyl (C=O) groups excluding carboxylic acids is 1. The van der Waals surface area contributed by atoms with Crippen molar-refractivity contribution in [3.8, 4) is 0 Å². The largest absolute Gasteiger partial charge is 0.342 e. The molecule has 0 aromatic heterocycles. The number of amides is 1. The fourth-order valence-corrected chi connectivity index (χ4v) is 3.36. The standard InChI is InChI=1S/C16H26N2O3S/c1-6-7-10-18(5)16(19)15-11-14(9-8-13(15)4)22(20,21)17-12(2)3/h8-9,11-12,17H,6-7,10H2,1-5H3. The Kier molecular flexibility index (Phi) is 6.56. The number of hydrogen-bond donors (Lipinski definition) is 1. The molecule has 1 amide bonds. The molecular formula is C16H26N2O3S. The first kappa shape index (κ1) is 18.6. The normalized spacial score (nSPS) is 11.7. The van der Waals surface area contributed by atoms with Crippen LogP contribution in [0.3, 0.4) is 0 Å². The van der Waals surface area contributed by atoms with Gasteiger partial charge in [-0.3, -0.25) is 4.79 Å². The number of carbonyl (C=O) groups is 1. The minimum atomic E-state index is -3.60. The molecule has 0 aliphatic heterocycles. The number of unbranched alkanes of at least 4 members (excludes halogenated alkanes) is 1. The highest BCUT2D eigenvalue weighted by Gasteiger charge is 2.20. The van der Waals surface area contributed by atoms with Gasteiger partial charge in [0.15, 0.2) is 0 Å². The summed E-state index contributed by atoms with van der Waals surface area (Å²) in [5, 5.41) is 0. The molecule has 0 bridgehead atoms. The van der Waals surface area contributed by atoms with Gasteiger partial charge in [-0.2, -0.15) is 0 Å². The average Bonchev–Trinajstić information content (AvgIpc) is 2.42. The Morgan fingerprint density at radius 3 is 2.50 bits per heavy atom. The van der Waals surface area contributed by atoms with Crippen molar-refractivity contribution < 1.29 is 13.2 Å². The summed E-state index contributed by atoms with van der Waals surface area (Å²) in [6.07, 6.45) is 1.93. The molecule has 0 fully saturated rings. The van der Waals surface area contributed by atoms with Crippen LogP contribution in [0.1, 0.15) is 49.5 Å². The first-order chi connectivity index (χ1) is 10.2. The number of nitrogens with one attached hydrogen (secondary N) is 1. The van der Waals surface area contributed by atoms with Crippen molar-refractivity contribution in [2.24, 2.45) is 0 Å². The molecule has 1 rings (SSSR count). The van der Waals surface area contributed by atoms with Crippen LogP contribution in [0.25, 0.3) is 0 Å². The lowest BCUT2D eigenvalue weighted by Gasteiger charge is -2.19. The second-order valence-electron chi connectivity index (χ2n) is 5.83. The summed E-state index contributed by atoms with van der Waals surface area (Å²) in [7, 11) is -1.85. The van der Waals surface area contributed by atoms with Crippen molar-refractivity contribution in [2.75, 3.05) is 13.6 Å². The van der Waals surface area contributed by atoms with Gasteiger partial charge < -0.3 is 4.90 Å². The van der Waals surface area contributed by atoms with E-state index in [1.54, 1.807) is 31.9 Å². The highest BCUT2D eigenvalue weighted by molar-refractivity contribution is 7.89. The van der Waals surface area contributed by atoms with Crippen LogP contribution < -0.4 is 4.72 Å². The lowest BCUT2D eigenvalue weighted by Crippen LogP contribution is -2.31. The van der Waals surface area contributed by atoms with Crippen LogP contribution in [0.5, 0.6) is 0 Å². The lowest BCUT2D eigenvalue weighted by molar-refractivity contribution is 0.0792. The maximum absolute atomic E-state index is 12.5. The Morgan fingerprint density at radius 1 is 1.32 bits per heavy atom. The predicted molar refractivity (Wildman–Crippen MR) is 88.5 cm³/mol. The molecule has 1 N–H and O–H groups in total. The molecule has 0 saturated carbocycles. The van der Waals surface area contributed by atoms with Crippen LogP contribution >= 0.6 is 0 Å². The molecule has 0 saturated heterocycles. The first-order valence-electron chi connectivity index (χ1n) is 7.57. The zero-order chi connectivity index (χ0) is 16.9. The van der Waals surface area contributed by atoms with E-state index in [1.807, 2.05) is 6.92 Å². The summed E-state index contributed by atoms with van der Waals surface area (Å²) in [4.78, 5) is 14.2. The Bertz CT molecular complexity index is 624. The Hall–Kier alpha value is -1.40. The Balaban J connectivity index is 3.12. The number of rotatable bonds is 7. The van der Waals surface area contributed by atoms with Gasteiger partial charge in [0.05, 0.1) is 4.90 Å². The molecule has 6 heteroatoms. The van der Waals surface area contributed by atoms with Crippen molar-refractivity contribution in [2.45, 2.75) is 51.5 Å². The van der Waals surface area contributed by atoms with Crippen molar-refractivity contribution in [1.82, 2.24) is 9.62 Å². The molecule has 0 spiro atoms. The van der Waals surface area contributed by atoms with Gasteiger partial charge in [0.1, 0.15) is 0 Å². The predicted octanol–water partition coefficient (Wildman–Crippen LogP) is 2.55. The topological polar surface area (TPSA) is 66.5 Å². The molecule has 22 heavy (non-hydrogen) atoms. The van der Waals surface area contributed by atoms with Crippen molar-refractivity contribution in [1.29, 1.82) is 0 Å². The van der Waals surface area contributed by atoms with Crippen LogP contribution in [-0.4, -0.2) is 38.9 Å². The van der Waals surface area contributed by atoms with E-state index >= 15 is 0 Å². The van der Waals surface area contributed by atoms with Gasteiger partial charge in [-0.1, -0.05) is 19.4 Å². The average molecular weight is 326 g/mol. The van der Waals surface area contributed by atoms with Gasteiger partial charge in [-0.25, -0.2) is 13.1 Å². The first-order valence-corrected chi connectivity index (χ1v) is 9.05. The number of aryl methyl sites for hydroxylation is 1. The third-order valence-corrected chi connectivity index (χ3v) is 4.99. The maximum atomic E-state index is 12.5. The van der Waals surface area contributed by atoms with Crippen molar-refractivity contribution in [3.63, 3.8) is 0 Å². The quantitative estimate of drug-likeness (QED) is 0.837.